The van der Waals surface area contributed by atoms with Crippen molar-refractivity contribution in [2.45, 2.75) is 12.5 Å². The summed E-state index contributed by atoms with van der Waals surface area (Å²) in [7, 11) is 0. The van der Waals surface area contributed by atoms with Gasteiger partial charge in [-0.2, -0.15) is 0 Å². The maximum Gasteiger partial charge on any atom is 0.326 e. The molecule has 1 unspecified atom stereocenters. The number of para-hydroxylation sites is 1. The number of carbonyl (C=O) groups is 2. The highest BCUT2D eigenvalue weighted by Crippen LogP contribution is 2.28. The Kier molecular flexibility index (Phi) is 4.07. The third-order valence-corrected chi connectivity index (χ3v) is 2.84. The monoisotopic (exact) mass is 291 g/mol. The normalized spacial score (nSPS) is 11.8. The summed E-state index contributed by atoms with van der Waals surface area (Å²) >= 11 is 0. The van der Waals surface area contributed by atoms with Crippen molar-refractivity contribution in [2.24, 2.45) is 0 Å². The molecule has 8 nitrogen and oxygen atoms in total. The van der Waals surface area contributed by atoms with E-state index < -0.39 is 29.4 Å². The lowest BCUT2D eigenvalue weighted by molar-refractivity contribution is -0.139. The van der Waals surface area contributed by atoms with Crippen LogP contribution in [0.5, 0.6) is 11.5 Å². The van der Waals surface area contributed by atoms with Gasteiger partial charge in [0.05, 0.1) is 11.9 Å². The van der Waals surface area contributed by atoms with E-state index in [0.29, 0.717) is 5.69 Å². The zero-order chi connectivity index (χ0) is 15.4. The fourth-order valence-corrected chi connectivity index (χ4v) is 1.77. The summed E-state index contributed by atoms with van der Waals surface area (Å²) in [4.78, 5) is 29.7. The number of H-pyrrole nitrogens is 1. The number of carbonyl (C=O) groups excluding carboxylic acids is 1. The topological polar surface area (TPSA) is 136 Å². The quantitative estimate of drug-likeness (QED) is 0.501. The Morgan fingerprint density at radius 2 is 2.10 bits per heavy atom. The van der Waals surface area contributed by atoms with Gasteiger partial charge in [-0.15, -0.1) is 0 Å². The van der Waals surface area contributed by atoms with E-state index in [2.05, 4.69) is 15.3 Å². The van der Waals surface area contributed by atoms with Crippen molar-refractivity contribution in [3.8, 4) is 11.5 Å². The van der Waals surface area contributed by atoms with Gasteiger partial charge >= 0.3 is 5.97 Å². The molecule has 1 heterocycles. The van der Waals surface area contributed by atoms with Gasteiger partial charge in [-0.05, 0) is 12.1 Å². The van der Waals surface area contributed by atoms with Gasteiger partial charge in [0.25, 0.3) is 5.91 Å². The molecule has 0 saturated carbocycles. The number of hydrogen-bond acceptors (Lipinski definition) is 5. The minimum absolute atomic E-state index is 0.0145. The lowest BCUT2D eigenvalue weighted by atomic mass is 10.1. The number of nitrogens with one attached hydrogen (secondary N) is 2. The van der Waals surface area contributed by atoms with E-state index >= 15 is 0 Å². The maximum atomic E-state index is 12.0. The summed E-state index contributed by atoms with van der Waals surface area (Å²) in [5.41, 5.74) is 0.341. The molecule has 0 aliphatic carbocycles. The largest absolute Gasteiger partial charge is 0.504 e. The number of aromatic amines is 1. The third kappa shape index (κ3) is 3.30. The Labute approximate surface area is 119 Å². The Balaban J connectivity index is 2.15. The van der Waals surface area contributed by atoms with Crippen LogP contribution in [0.4, 0.5) is 0 Å². The predicted octanol–water partition coefficient (Wildman–Crippen LogP) is 0.247. The number of phenols is 2. The number of aliphatic carboxylic acids is 1. The molecule has 8 heteroatoms. The maximum absolute atomic E-state index is 12.0. The van der Waals surface area contributed by atoms with E-state index in [1.54, 1.807) is 0 Å². The van der Waals surface area contributed by atoms with E-state index in [1.165, 1.54) is 30.7 Å². The van der Waals surface area contributed by atoms with E-state index in [-0.39, 0.29) is 12.0 Å². The zero-order valence-corrected chi connectivity index (χ0v) is 10.8. The van der Waals surface area contributed by atoms with Crippen LogP contribution in [0.25, 0.3) is 0 Å². The fourth-order valence-electron chi connectivity index (χ4n) is 1.77. The molecule has 0 aliphatic heterocycles. The number of hydrogen-bond donors (Lipinski definition) is 5. The average molecular weight is 291 g/mol. The minimum atomic E-state index is -1.22. The molecule has 0 bridgehead atoms. The number of nitrogens with zero attached hydrogens (tertiary/aromatic N) is 1. The van der Waals surface area contributed by atoms with Crippen LogP contribution < -0.4 is 5.32 Å². The predicted molar refractivity (Wildman–Crippen MR) is 71.0 cm³/mol. The lowest BCUT2D eigenvalue weighted by Gasteiger charge is -2.14. The third-order valence-electron chi connectivity index (χ3n) is 2.84. The van der Waals surface area contributed by atoms with E-state index in [1.807, 2.05) is 0 Å². The van der Waals surface area contributed by atoms with E-state index in [4.69, 9.17) is 5.11 Å². The molecule has 21 heavy (non-hydrogen) atoms. The first kappa shape index (κ1) is 14.4. The smallest absolute Gasteiger partial charge is 0.326 e. The standard InChI is InChI=1S/C13H13N3O5/c17-10-3-1-2-8(11(10)18)12(19)16-9(13(20)21)4-7-5-14-6-15-7/h1-3,5-6,9,17-18H,4H2,(H,14,15)(H,16,19)(H,20,21). The van der Waals surface area contributed by atoms with E-state index in [0.717, 1.165) is 0 Å². The number of phenolic OH excluding ortho intramolecular Hbond substituents is 2. The van der Waals surface area contributed by atoms with Crippen LogP contribution in [-0.4, -0.2) is 43.2 Å². The summed E-state index contributed by atoms with van der Waals surface area (Å²) < 4.78 is 0. The van der Waals surface area contributed by atoms with Crippen molar-refractivity contribution in [3.05, 3.63) is 42.0 Å². The summed E-state index contributed by atoms with van der Waals surface area (Å²) in [6, 6.07) is 2.67. The molecule has 0 saturated heterocycles. The summed E-state index contributed by atoms with van der Waals surface area (Å²) in [6.45, 7) is 0. The molecule has 0 spiro atoms. The number of rotatable bonds is 5. The molecule has 110 valence electrons. The second-order valence-electron chi connectivity index (χ2n) is 4.32. The number of imidazole rings is 1. The summed E-state index contributed by atoms with van der Waals surface area (Å²) in [5.74, 6) is -3.07. The number of aromatic hydroxyl groups is 2. The molecule has 1 amide bonds. The Bertz CT molecular complexity index is 654. The van der Waals surface area contributed by atoms with Crippen molar-refractivity contribution in [1.29, 1.82) is 0 Å². The molecule has 1 atom stereocenters. The molecular weight excluding hydrogens is 278 g/mol. The van der Waals surface area contributed by atoms with Crippen molar-refractivity contribution < 1.29 is 24.9 Å². The second kappa shape index (κ2) is 5.95. The van der Waals surface area contributed by atoms with Gasteiger partial charge in [-0.25, -0.2) is 9.78 Å². The number of benzene rings is 1. The van der Waals surface area contributed by atoms with Gasteiger partial charge in [0.1, 0.15) is 6.04 Å². The number of aromatic nitrogens is 2. The van der Waals surface area contributed by atoms with E-state index in [9.17, 15) is 19.8 Å². The molecule has 0 radical (unpaired) electrons. The highest BCUT2D eigenvalue weighted by Gasteiger charge is 2.23. The Morgan fingerprint density at radius 3 is 2.71 bits per heavy atom. The van der Waals surface area contributed by atoms with Gasteiger partial charge in [-0.3, -0.25) is 4.79 Å². The summed E-state index contributed by atoms with van der Waals surface area (Å²) in [5, 5.41) is 30.4. The average Bonchev–Trinajstić information content (AvgIpc) is 2.93. The van der Waals surface area contributed by atoms with Crippen molar-refractivity contribution in [1.82, 2.24) is 15.3 Å². The van der Waals surface area contributed by atoms with Gasteiger partial charge in [-0.1, -0.05) is 6.07 Å². The Hall–Kier alpha value is -3.03. The number of carboxylic acids is 1. The zero-order valence-electron chi connectivity index (χ0n) is 10.8. The molecule has 5 N–H and O–H groups in total. The molecule has 2 aromatic rings. The molecule has 1 aromatic heterocycles. The SMILES string of the molecule is O=C(NC(Cc1cnc[nH]1)C(=O)O)c1cccc(O)c1O. The van der Waals surface area contributed by atoms with Crippen LogP contribution >= 0.6 is 0 Å². The highest BCUT2D eigenvalue weighted by atomic mass is 16.4. The molecule has 0 fully saturated rings. The van der Waals surface area contributed by atoms with Crippen LogP contribution in [0, 0.1) is 0 Å². The molecular formula is C13H13N3O5. The van der Waals surface area contributed by atoms with Gasteiger partial charge < -0.3 is 25.6 Å². The van der Waals surface area contributed by atoms with Gasteiger partial charge in [0, 0.05) is 18.3 Å². The van der Waals surface area contributed by atoms with Gasteiger partial charge in [0.15, 0.2) is 11.5 Å². The van der Waals surface area contributed by atoms with Crippen LogP contribution in [0.3, 0.4) is 0 Å². The first-order valence-electron chi connectivity index (χ1n) is 6.01. The van der Waals surface area contributed by atoms with Crippen molar-refractivity contribution in [3.63, 3.8) is 0 Å². The Morgan fingerprint density at radius 1 is 1.33 bits per heavy atom. The first-order chi connectivity index (χ1) is 9.99. The fraction of sp³-hybridized carbons (Fsp3) is 0.154. The van der Waals surface area contributed by atoms with Crippen LogP contribution in [0.15, 0.2) is 30.7 Å². The van der Waals surface area contributed by atoms with Crippen molar-refractivity contribution in [2.75, 3.05) is 0 Å². The van der Waals surface area contributed by atoms with Crippen LogP contribution in [0.1, 0.15) is 16.1 Å². The summed E-state index contributed by atoms with van der Waals surface area (Å²) in [6.07, 6.45) is 2.87. The van der Waals surface area contributed by atoms with Crippen LogP contribution in [0.2, 0.25) is 0 Å². The highest BCUT2D eigenvalue weighted by molar-refractivity contribution is 5.99. The minimum Gasteiger partial charge on any atom is -0.504 e. The number of carboxylic acid groups (broad SMARTS) is 1. The molecule has 1 aromatic carbocycles. The van der Waals surface area contributed by atoms with Gasteiger partial charge in [0.2, 0.25) is 0 Å². The second-order valence-corrected chi connectivity index (χ2v) is 4.32. The number of amides is 1. The first-order valence-corrected chi connectivity index (χ1v) is 6.01. The van der Waals surface area contributed by atoms with Crippen molar-refractivity contribution >= 4 is 11.9 Å². The molecule has 2 rings (SSSR count). The lowest BCUT2D eigenvalue weighted by Crippen LogP contribution is -2.42. The van der Waals surface area contributed by atoms with Crippen LogP contribution in [-0.2, 0) is 11.2 Å². The molecule has 0 aliphatic rings.